The second-order valence-corrected chi connectivity index (χ2v) is 8.22. The number of nitriles is 1. The van der Waals surface area contributed by atoms with Crippen molar-refractivity contribution in [3.63, 3.8) is 0 Å². The summed E-state index contributed by atoms with van der Waals surface area (Å²) in [5.41, 5.74) is 1.31. The van der Waals surface area contributed by atoms with Gasteiger partial charge in [-0.2, -0.15) is 18.4 Å². The van der Waals surface area contributed by atoms with Crippen molar-refractivity contribution in [2.24, 2.45) is 5.92 Å². The summed E-state index contributed by atoms with van der Waals surface area (Å²) in [6.07, 6.45) is 3.25. The first-order valence-electron chi connectivity index (χ1n) is 10.8. The Bertz CT molecular complexity index is 1360. The zero-order valence-corrected chi connectivity index (χ0v) is 18.9. The molecule has 174 valence electrons. The van der Waals surface area contributed by atoms with Crippen molar-refractivity contribution in [3.05, 3.63) is 77.0 Å². The summed E-state index contributed by atoms with van der Waals surface area (Å²) in [5.74, 6) is -0.136. The highest BCUT2D eigenvalue weighted by molar-refractivity contribution is 5.93. The number of imidazole rings is 1. The molecule has 1 aliphatic carbocycles. The van der Waals surface area contributed by atoms with Gasteiger partial charge in [-0.3, -0.25) is 9.20 Å². The molecule has 2 heterocycles. The number of carbonyl (C=O) groups is 1. The monoisotopic (exact) mass is 465 g/mol. The van der Waals surface area contributed by atoms with E-state index in [4.69, 9.17) is 5.26 Å². The minimum absolute atomic E-state index is 0.00478. The molecule has 0 bridgehead atoms. The van der Waals surface area contributed by atoms with Gasteiger partial charge in [0.1, 0.15) is 5.69 Å². The molecule has 9 heteroatoms. The fraction of sp³-hybridized carbons (Fsp3) is 0.280. The number of aromatic nitrogens is 3. The van der Waals surface area contributed by atoms with Crippen LogP contribution in [-0.4, -0.2) is 32.2 Å². The number of alkyl halides is 3. The van der Waals surface area contributed by atoms with Gasteiger partial charge in [-0.1, -0.05) is 37.6 Å². The number of fused-ring (bicyclic) bond motifs is 1. The van der Waals surface area contributed by atoms with E-state index in [0.29, 0.717) is 17.9 Å². The third-order valence-corrected chi connectivity index (χ3v) is 6.07. The van der Waals surface area contributed by atoms with Gasteiger partial charge in [-0.05, 0) is 37.0 Å². The fourth-order valence-corrected chi connectivity index (χ4v) is 4.14. The van der Waals surface area contributed by atoms with E-state index in [2.05, 4.69) is 23.8 Å². The third kappa shape index (κ3) is 4.19. The number of nitrogens with zero attached hydrogens (tertiary/aromatic N) is 5. The number of allylic oxidation sites excluding steroid dienone is 4. The summed E-state index contributed by atoms with van der Waals surface area (Å²) in [6.45, 7) is 4.18. The molecule has 0 saturated carbocycles. The van der Waals surface area contributed by atoms with Crippen LogP contribution in [0.3, 0.4) is 0 Å². The average molecular weight is 465 g/mol. The maximum Gasteiger partial charge on any atom is 0.435 e. The van der Waals surface area contributed by atoms with Crippen molar-refractivity contribution >= 4 is 11.6 Å². The fourth-order valence-electron chi connectivity index (χ4n) is 4.14. The van der Waals surface area contributed by atoms with Gasteiger partial charge in [0.15, 0.2) is 11.3 Å². The highest BCUT2D eigenvalue weighted by Crippen LogP contribution is 2.37. The van der Waals surface area contributed by atoms with Crippen LogP contribution in [0.15, 0.2) is 60.1 Å². The van der Waals surface area contributed by atoms with E-state index < -0.39 is 17.8 Å². The Balaban J connectivity index is 1.79. The van der Waals surface area contributed by atoms with Crippen LogP contribution in [0.1, 0.15) is 48.4 Å². The average Bonchev–Trinajstić information content (AvgIpc) is 3.22. The number of hydrogen-bond donors (Lipinski definition) is 0. The zero-order valence-electron chi connectivity index (χ0n) is 18.9. The molecule has 3 aromatic rings. The van der Waals surface area contributed by atoms with E-state index in [-0.39, 0.29) is 22.6 Å². The van der Waals surface area contributed by atoms with Crippen LogP contribution in [0.25, 0.3) is 16.9 Å². The van der Waals surface area contributed by atoms with Gasteiger partial charge < -0.3 is 4.90 Å². The van der Waals surface area contributed by atoms with Gasteiger partial charge in [0.05, 0.1) is 23.5 Å². The predicted molar refractivity (Wildman–Crippen MR) is 120 cm³/mol. The second-order valence-electron chi connectivity index (χ2n) is 8.22. The van der Waals surface area contributed by atoms with Gasteiger partial charge in [0, 0.05) is 24.5 Å². The first kappa shape index (κ1) is 23.2. The SMILES string of the molecule is CCC1=CC=C(N(C)C(=O)c2cn3c(-c4ccc(C#N)cc4)c(C(F)(F)F)nc3cn2)CC1C. The highest BCUT2D eigenvalue weighted by Gasteiger charge is 2.38. The molecule has 0 saturated heterocycles. The molecule has 34 heavy (non-hydrogen) atoms. The van der Waals surface area contributed by atoms with E-state index >= 15 is 0 Å². The van der Waals surface area contributed by atoms with E-state index in [1.807, 2.05) is 18.2 Å². The van der Waals surface area contributed by atoms with Crippen LogP contribution in [0.2, 0.25) is 0 Å². The third-order valence-electron chi connectivity index (χ3n) is 6.07. The first-order chi connectivity index (χ1) is 16.1. The second kappa shape index (κ2) is 8.78. The Morgan fingerprint density at radius 1 is 1.26 bits per heavy atom. The smallest absolute Gasteiger partial charge is 0.314 e. The van der Waals surface area contributed by atoms with Crippen molar-refractivity contribution in [2.45, 2.75) is 32.9 Å². The van der Waals surface area contributed by atoms with Gasteiger partial charge in [-0.25, -0.2) is 9.97 Å². The number of rotatable bonds is 4. The lowest BCUT2D eigenvalue weighted by molar-refractivity contribution is -0.140. The molecule has 1 aromatic carbocycles. The molecule has 1 amide bonds. The molecule has 0 radical (unpaired) electrons. The molecule has 0 spiro atoms. The molecule has 6 nitrogen and oxygen atoms in total. The minimum atomic E-state index is -4.72. The van der Waals surface area contributed by atoms with E-state index in [9.17, 15) is 18.0 Å². The van der Waals surface area contributed by atoms with E-state index in [1.165, 1.54) is 45.3 Å². The number of halogens is 3. The number of carbonyl (C=O) groups excluding carboxylic acids is 1. The molecule has 4 rings (SSSR count). The van der Waals surface area contributed by atoms with Crippen molar-refractivity contribution < 1.29 is 18.0 Å². The Hall–Kier alpha value is -3.93. The summed E-state index contributed by atoms with van der Waals surface area (Å²) in [5, 5.41) is 9.01. The molecule has 0 N–H and O–H groups in total. The Kier molecular flexibility index (Phi) is 6.00. The summed E-state index contributed by atoms with van der Waals surface area (Å²) < 4.78 is 42.7. The standard InChI is InChI=1S/C25H22F3N5O/c1-4-17-9-10-19(11-15(17)2)32(3)24(34)20-14-33-21(13-30-20)31-23(25(26,27)28)22(33)18-7-5-16(12-29)6-8-18/h5-10,13-15H,4,11H2,1-3H3. The largest absolute Gasteiger partial charge is 0.435 e. The lowest BCUT2D eigenvalue weighted by Gasteiger charge is -2.27. The number of hydrogen-bond acceptors (Lipinski definition) is 4. The molecule has 1 unspecified atom stereocenters. The molecule has 2 aromatic heterocycles. The topological polar surface area (TPSA) is 74.3 Å². The van der Waals surface area contributed by atoms with Crippen LogP contribution >= 0.6 is 0 Å². The van der Waals surface area contributed by atoms with Crippen LogP contribution < -0.4 is 0 Å². The maximum absolute atomic E-state index is 13.8. The Labute approximate surface area is 194 Å². The Morgan fingerprint density at radius 2 is 1.97 bits per heavy atom. The molecular formula is C25H22F3N5O. The quantitative estimate of drug-likeness (QED) is 0.501. The first-order valence-corrected chi connectivity index (χ1v) is 10.8. The summed E-state index contributed by atoms with van der Waals surface area (Å²) in [6, 6.07) is 7.67. The zero-order chi connectivity index (χ0) is 24.6. The van der Waals surface area contributed by atoms with E-state index in [1.54, 1.807) is 7.05 Å². The number of amides is 1. The van der Waals surface area contributed by atoms with Crippen molar-refractivity contribution in [1.82, 2.24) is 19.3 Å². The van der Waals surface area contributed by atoms with Gasteiger partial charge in [-0.15, -0.1) is 0 Å². The van der Waals surface area contributed by atoms with Crippen molar-refractivity contribution in [3.8, 4) is 17.3 Å². The van der Waals surface area contributed by atoms with Crippen LogP contribution in [0.5, 0.6) is 0 Å². The van der Waals surface area contributed by atoms with Gasteiger partial charge in [0.2, 0.25) is 0 Å². The van der Waals surface area contributed by atoms with Crippen molar-refractivity contribution in [1.29, 1.82) is 5.26 Å². The molecule has 1 aliphatic rings. The summed E-state index contributed by atoms with van der Waals surface area (Å²) in [7, 11) is 1.63. The Morgan fingerprint density at radius 3 is 2.56 bits per heavy atom. The summed E-state index contributed by atoms with van der Waals surface area (Å²) in [4.78, 5) is 22.5. The molecule has 1 atom stereocenters. The lowest BCUT2D eigenvalue weighted by atomic mass is 9.89. The van der Waals surface area contributed by atoms with Crippen LogP contribution in [-0.2, 0) is 6.18 Å². The predicted octanol–water partition coefficient (Wildman–Crippen LogP) is 5.62. The lowest BCUT2D eigenvalue weighted by Crippen LogP contribution is -2.29. The molecular weight excluding hydrogens is 443 g/mol. The summed E-state index contributed by atoms with van der Waals surface area (Å²) >= 11 is 0. The normalized spacial score (nSPS) is 16.1. The molecule has 0 aliphatic heterocycles. The number of benzene rings is 1. The van der Waals surface area contributed by atoms with Gasteiger partial charge >= 0.3 is 6.18 Å². The minimum Gasteiger partial charge on any atom is -0.314 e. The van der Waals surface area contributed by atoms with E-state index in [0.717, 1.165) is 18.3 Å². The van der Waals surface area contributed by atoms with Crippen LogP contribution in [0, 0.1) is 17.2 Å². The highest BCUT2D eigenvalue weighted by atomic mass is 19.4. The van der Waals surface area contributed by atoms with Crippen LogP contribution in [0.4, 0.5) is 13.2 Å². The van der Waals surface area contributed by atoms with Crippen molar-refractivity contribution in [2.75, 3.05) is 7.05 Å². The van der Waals surface area contributed by atoms with Gasteiger partial charge in [0.25, 0.3) is 5.91 Å². The maximum atomic E-state index is 13.8. The molecule has 0 fully saturated rings.